The molecule has 0 aliphatic carbocycles. The number of hydrogen-bond donors (Lipinski definition) is 0. The van der Waals surface area contributed by atoms with E-state index in [4.69, 9.17) is 16.3 Å². The summed E-state index contributed by atoms with van der Waals surface area (Å²) in [5, 5.41) is 1.99. The number of benzene rings is 1. The quantitative estimate of drug-likeness (QED) is 0.371. The van der Waals surface area contributed by atoms with Crippen LogP contribution in [0.1, 0.15) is 29.8 Å². The molecule has 0 bridgehead atoms. The van der Waals surface area contributed by atoms with Crippen LogP contribution < -0.4 is 4.74 Å². The molecule has 1 aromatic carbocycles. The molecule has 0 radical (unpaired) electrons. The first-order valence-electron chi connectivity index (χ1n) is 5.92. The zero-order chi connectivity index (χ0) is 13.8. The number of hydrogen-bond acceptors (Lipinski definition) is 2. The fourth-order valence-corrected chi connectivity index (χ4v) is 3.90. The van der Waals surface area contributed by atoms with Crippen LogP contribution in [0.4, 0.5) is 0 Å². The van der Waals surface area contributed by atoms with E-state index in [-0.39, 0.29) is 5.38 Å². The summed E-state index contributed by atoms with van der Waals surface area (Å²) in [4.78, 5) is 0. The topological polar surface area (TPSA) is 9.23 Å². The van der Waals surface area contributed by atoms with E-state index in [1.165, 1.54) is 2.88 Å². The SMILES string of the molecule is CCCOc1ccc(C(Cl)c2csc(I)c2)cc1Br. The van der Waals surface area contributed by atoms with Crippen molar-refractivity contribution in [2.75, 3.05) is 6.61 Å². The van der Waals surface area contributed by atoms with Gasteiger partial charge in [-0.25, -0.2) is 0 Å². The molecule has 1 heterocycles. The van der Waals surface area contributed by atoms with Crippen molar-refractivity contribution in [2.45, 2.75) is 18.7 Å². The molecule has 2 rings (SSSR count). The van der Waals surface area contributed by atoms with Crippen molar-refractivity contribution in [2.24, 2.45) is 0 Å². The standard InChI is InChI=1S/C14H13BrClIOS/c1-2-5-18-12-4-3-9(6-11(12)15)14(16)10-7-13(17)19-8-10/h3-4,6-8,14H,2,5H2,1H3. The number of thiophene rings is 1. The number of ether oxygens (including phenoxy) is 1. The molecule has 2 aromatic rings. The van der Waals surface area contributed by atoms with Crippen LogP contribution in [-0.4, -0.2) is 6.61 Å². The largest absolute Gasteiger partial charge is 0.492 e. The van der Waals surface area contributed by atoms with Gasteiger partial charge in [0.25, 0.3) is 0 Å². The highest BCUT2D eigenvalue weighted by Crippen LogP contribution is 2.36. The lowest BCUT2D eigenvalue weighted by Crippen LogP contribution is -1.97. The van der Waals surface area contributed by atoms with Gasteiger partial charge in [0.1, 0.15) is 5.75 Å². The van der Waals surface area contributed by atoms with E-state index >= 15 is 0 Å². The third kappa shape index (κ3) is 4.09. The van der Waals surface area contributed by atoms with Crippen LogP contribution in [-0.2, 0) is 0 Å². The minimum absolute atomic E-state index is 0.115. The molecule has 1 nitrogen and oxygen atoms in total. The van der Waals surface area contributed by atoms with Crippen molar-refractivity contribution in [3.63, 3.8) is 0 Å². The molecule has 1 unspecified atom stereocenters. The molecule has 0 saturated carbocycles. The Labute approximate surface area is 144 Å². The minimum atomic E-state index is -0.115. The van der Waals surface area contributed by atoms with E-state index in [9.17, 15) is 0 Å². The molecule has 1 aromatic heterocycles. The van der Waals surface area contributed by atoms with Crippen molar-refractivity contribution in [3.8, 4) is 5.75 Å². The van der Waals surface area contributed by atoms with Gasteiger partial charge in [-0.1, -0.05) is 13.0 Å². The van der Waals surface area contributed by atoms with Crippen LogP contribution in [0.15, 0.2) is 34.1 Å². The molecule has 0 spiro atoms. The van der Waals surface area contributed by atoms with Crippen molar-refractivity contribution in [1.29, 1.82) is 0 Å². The van der Waals surface area contributed by atoms with Crippen LogP contribution in [0.25, 0.3) is 0 Å². The van der Waals surface area contributed by atoms with Crippen LogP contribution in [0.3, 0.4) is 0 Å². The smallest absolute Gasteiger partial charge is 0.133 e. The summed E-state index contributed by atoms with van der Waals surface area (Å²) in [6, 6.07) is 8.16. The Morgan fingerprint density at radius 3 is 2.74 bits per heavy atom. The fourth-order valence-electron chi connectivity index (χ4n) is 1.65. The van der Waals surface area contributed by atoms with Gasteiger partial charge in [-0.05, 0) is 79.6 Å². The Hall–Kier alpha value is 0.220. The summed E-state index contributed by atoms with van der Waals surface area (Å²) in [5.74, 6) is 0.870. The monoisotopic (exact) mass is 470 g/mol. The Morgan fingerprint density at radius 1 is 1.37 bits per heavy atom. The number of halogens is 3. The maximum atomic E-state index is 6.52. The minimum Gasteiger partial charge on any atom is -0.492 e. The second kappa shape index (κ2) is 7.29. The lowest BCUT2D eigenvalue weighted by Gasteiger charge is -2.12. The Kier molecular flexibility index (Phi) is 5.99. The Morgan fingerprint density at radius 2 is 2.16 bits per heavy atom. The molecule has 0 N–H and O–H groups in total. The first-order chi connectivity index (χ1) is 9.11. The average Bonchev–Trinajstić information content (AvgIpc) is 2.83. The number of alkyl halides is 1. The van der Waals surface area contributed by atoms with Crippen molar-refractivity contribution < 1.29 is 4.74 Å². The van der Waals surface area contributed by atoms with Crippen molar-refractivity contribution in [1.82, 2.24) is 0 Å². The van der Waals surface area contributed by atoms with Gasteiger partial charge < -0.3 is 4.74 Å². The maximum Gasteiger partial charge on any atom is 0.133 e. The predicted molar refractivity (Wildman–Crippen MR) is 94.7 cm³/mol. The molecule has 0 saturated heterocycles. The Balaban J connectivity index is 2.19. The van der Waals surface area contributed by atoms with Crippen molar-refractivity contribution in [3.05, 3.63) is 48.1 Å². The molecule has 0 fully saturated rings. The van der Waals surface area contributed by atoms with Gasteiger partial charge in [-0.15, -0.1) is 22.9 Å². The van der Waals surface area contributed by atoms with Crippen LogP contribution in [0.5, 0.6) is 5.75 Å². The third-order valence-corrected chi connectivity index (χ3v) is 5.52. The van der Waals surface area contributed by atoms with Crippen molar-refractivity contribution >= 4 is 61.5 Å². The van der Waals surface area contributed by atoms with Gasteiger partial charge in [-0.3, -0.25) is 0 Å². The highest BCUT2D eigenvalue weighted by molar-refractivity contribution is 14.1. The first-order valence-corrected chi connectivity index (χ1v) is 9.11. The molecule has 1 atom stereocenters. The Bertz CT molecular complexity index is 558. The number of rotatable bonds is 5. The first kappa shape index (κ1) is 15.6. The van der Waals surface area contributed by atoms with Crippen LogP contribution in [0, 0.1) is 2.88 Å². The zero-order valence-electron chi connectivity index (χ0n) is 10.3. The molecular formula is C14H13BrClIOS. The molecular weight excluding hydrogens is 458 g/mol. The zero-order valence-corrected chi connectivity index (χ0v) is 15.6. The van der Waals surface area contributed by atoms with E-state index in [0.717, 1.165) is 34.4 Å². The van der Waals surface area contributed by atoms with E-state index in [1.54, 1.807) is 11.3 Å². The van der Waals surface area contributed by atoms with E-state index < -0.39 is 0 Å². The summed E-state index contributed by atoms with van der Waals surface area (Å²) in [6.45, 7) is 2.82. The van der Waals surface area contributed by atoms with E-state index in [0.29, 0.717) is 0 Å². The highest BCUT2D eigenvalue weighted by Gasteiger charge is 2.14. The van der Waals surface area contributed by atoms with Gasteiger partial charge >= 0.3 is 0 Å². The van der Waals surface area contributed by atoms with Gasteiger partial charge in [-0.2, -0.15) is 0 Å². The molecule has 19 heavy (non-hydrogen) atoms. The summed E-state index contributed by atoms with van der Waals surface area (Å²) >= 11 is 14.1. The van der Waals surface area contributed by atoms with Crippen LogP contribution >= 0.6 is 61.5 Å². The lowest BCUT2D eigenvalue weighted by atomic mass is 10.1. The lowest BCUT2D eigenvalue weighted by molar-refractivity contribution is 0.315. The molecule has 102 valence electrons. The third-order valence-electron chi connectivity index (χ3n) is 2.59. The summed E-state index contributed by atoms with van der Waals surface area (Å²) in [7, 11) is 0. The fraction of sp³-hybridized carbons (Fsp3) is 0.286. The van der Waals surface area contributed by atoms with E-state index in [1.807, 2.05) is 18.2 Å². The molecule has 0 aliphatic heterocycles. The maximum absolute atomic E-state index is 6.52. The molecule has 0 amide bonds. The van der Waals surface area contributed by atoms with Gasteiger partial charge in [0.05, 0.1) is 19.3 Å². The van der Waals surface area contributed by atoms with Gasteiger partial charge in [0.2, 0.25) is 0 Å². The summed E-state index contributed by atoms with van der Waals surface area (Å²) < 4.78 is 7.84. The highest BCUT2D eigenvalue weighted by atomic mass is 127. The second-order valence-electron chi connectivity index (χ2n) is 4.09. The molecule has 0 aliphatic rings. The van der Waals surface area contributed by atoms with E-state index in [2.05, 4.69) is 56.9 Å². The summed E-state index contributed by atoms with van der Waals surface area (Å²) in [6.07, 6.45) is 1.000. The second-order valence-corrected chi connectivity index (χ2v) is 8.18. The van der Waals surface area contributed by atoms with Crippen LogP contribution in [0.2, 0.25) is 0 Å². The van der Waals surface area contributed by atoms with Gasteiger partial charge in [0, 0.05) is 0 Å². The average molecular weight is 472 g/mol. The van der Waals surface area contributed by atoms with Gasteiger partial charge in [0.15, 0.2) is 0 Å². The normalized spacial score (nSPS) is 12.4. The summed E-state index contributed by atoms with van der Waals surface area (Å²) in [5.41, 5.74) is 2.22. The molecule has 5 heteroatoms. The predicted octanol–water partition coefficient (Wildman–Crippen LogP) is 6.23.